The quantitative estimate of drug-likeness (QED) is 0.665. The maximum absolute atomic E-state index is 5.47. The molecule has 0 atom stereocenters. The number of aromatic nitrogens is 3. The molecule has 0 saturated heterocycles. The predicted octanol–water partition coefficient (Wildman–Crippen LogP) is 1.38. The molecule has 2 aromatic heterocycles. The number of thiol groups is 1. The third-order valence-electron chi connectivity index (χ3n) is 1.90. The molecule has 0 bridgehead atoms. The highest BCUT2D eigenvalue weighted by atomic mass is 32.1. The third kappa shape index (κ3) is 1.99. The van der Waals surface area contributed by atoms with E-state index in [1.807, 2.05) is 12.1 Å². The molecule has 0 aliphatic carbocycles. The summed E-state index contributed by atoms with van der Waals surface area (Å²) < 4.78 is 2.68. The number of rotatable bonds is 2. The van der Waals surface area contributed by atoms with E-state index >= 15 is 0 Å². The first-order valence-electron chi connectivity index (χ1n) is 4.24. The van der Waals surface area contributed by atoms with Crippen molar-refractivity contribution in [2.75, 3.05) is 10.5 Å². The number of hydrogen-bond acceptors (Lipinski definition) is 6. The molecule has 0 spiro atoms. The summed E-state index contributed by atoms with van der Waals surface area (Å²) in [6.07, 6.45) is 5.05. The smallest absolute Gasteiger partial charge is 0.221 e. The van der Waals surface area contributed by atoms with Gasteiger partial charge in [0.2, 0.25) is 5.95 Å². The van der Waals surface area contributed by atoms with Gasteiger partial charge in [-0.1, -0.05) is 12.8 Å². The van der Waals surface area contributed by atoms with Crippen LogP contribution >= 0.6 is 12.8 Å². The summed E-state index contributed by atoms with van der Waals surface area (Å²) in [4.78, 5) is 11.9. The normalized spacial score (nSPS) is 9.93. The van der Waals surface area contributed by atoms with Gasteiger partial charge in [-0.2, -0.15) is 4.98 Å². The van der Waals surface area contributed by atoms with Gasteiger partial charge < -0.3 is 10.5 Å². The Hall–Kier alpha value is -1.82. The largest absolute Gasteiger partial charge is 0.368 e. The van der Waals surface area contributed by atoms with Crippen LogP contribution in [0, 0.1) is 0 Å². The maximum atomic E-state index is 5.47. The molecule has 76 valence electrons. The highest BCUT2D eigenvalue weighted by Crippen LogP contribution is 2.25. The lowest BCUT2D eigenvalue weighted by Gasteiger charge is -2.06. The van der Waals surface area contributed by atoms with Crippen LogP contribution in [0.3, 0.4) is 0 Å². The molecule has 5 nitrogen and oxygen atoms in total. The van der Waals surface area contributed by atoms with Crippen LogP contribution in [0.2, 0.25) is 0 Å². The topological polar surface area (TPSA) is 76.7 Å². The second-order valence-electron chi connectivity index (χ2n) is 2.84. The van der Waals surface area contributed by atoms with Crippen molar-refractivity contribution in [3.05, 3.63) is 30.7 Å². The van der Waals surface area contributed by atoms with Crippen molar-refractivity contribution in [2.45, 2.75) is 0 Å². The van der Waals surface area contributed by atoms with Crippen LogP contribution in [0.5, 0.6) is 0 Å². The Morgan fingerprint density at radius 3 is 2.67 bits per heavy atom. The van der Waals surface area contributed by atoms with Gasteiger partial charge in [0.15, 0.2) is 0 Å². The van der Waals surface area contributed by atoms with E-state index in [1.54, 1.807) is 18.6 Å². The molecule has 0 aliphatic rings. The summed E-state index contributed by atoms with van der Waals surface area (Å²) in [6.45, 7) is 0. The van der Waals surface area contributed by atoms with Crippen LogP contribution in [0.4, 0.5) is 11.8 Å². The molecule has 0 unspecified atom stereocenters. The highest BCUT2D eigenvalue weighted by Gasteiger charge is 2.06. The average Bonchev–Trinajstić information content (AvgIpc) is 2.30. The Balaban J connectivity index is 2.53. The van der Waals surface area contributed by atoms with E-state index in [-0.39, 0.29) is 5.95 Å². The lowest BCUT2D eigenvalue weighted by atomic mass is 10.1. The zero-order chi connectivity index (χ0) is 10.7. The SMILES string of the molecule is Nc1ncc(-c2ccncc2)c(NS)n1. The minimum Gasteiger partial charge on any atom is -0.368 e. The molecule has 0 aromatic carbocycles. The van der Waals surface area contributed by atoms with E-state index in [0.29, 0.717) is 5.82 Å². The van der Waals surface area contributed by atoms with Crippen molar-refractivity contribution >= 4 is 24.6 Å². The minimum atomic E-state index is 0.212. The third-order valence-corrected chi connectivity index (χ3v) is 2.12. The van der Waals surface area contributed by atoms with Crippen molar-refractivity contribution in [3.63, 3.8) is 0 Å². The van der Waals surface area contributed by atoms with Gasteiger partial charge in [0.1, 0.15) is 5.82 Å². The van der Waals surface area contributed by atoms with Crippen LogP contribution in [-0.2, 0) is 0 Å². The number of hydrogen-bond donors (Lipinski definition) is 3. The first-order valence-corrected chi connectivity index (χ1v) is 4.69. The van der Waals surface area contributed by atoms with Crippen LogP contribution < -0.4 is 10.5 Å². The molecule has 0 amide bonds. The molecule has 3 N–H and O–H groups in total. The Morgan fingerprint density at radius 2 is 2.00 bits per heavy atom. The first-order chi connectivity index (χ1) is 7.31. The van der Waals surface area contributed by atoms with Crippen LogP contribution in [0.15, 0.2) is 30.7 Å². The van der Waals surface area contributed by atoms with Crippen molar-refractivity contribution in [3.8, 4) is 11.1 Å². The maximum Gasteiger partial charge on any atom is 0.221 e. The zero-order valence-electron chi connectivity index (χ0n) is 7.75. The van der Waals surface area contributed by atoms with Gasteiger partial charge in [0.25, 0.3) is 0 Å². The number of anilines is 2. The van der Waals surface area contributed by atoms with Gasteiger partial charge in [-0.05, 0) is 17.7 Å². The second kappa shape index (κ2) is 4.14. The lowest BCUT2D eigenvalue weighted by molar-refractivity contribution is 1.19. The zero-order valence-corrected chi connectivity index (χ0v) is 8.65. The van der Waals surface area contributed by atoms with Crippen LogP contribution in [0.25, 0.3) is 11.1 Å². The highest BCUT2D eigenvalue weighted by molar-refractivity contribution is 7.81. The Bertz CT molecular complexity index is 459. The van der Waals surface area contributed by atoms with Crippen molar-refractivity contribution in [1.29, 1.82) is 0 Å². The molecule has 0 fully saturated rings. The fourth-order valence-corrected chi connectivity index (χ4v) is 1.39. The standard InChI is InChI=1S/C9H9N5S/c10-9-12-5-7(8(13-9)14-15)6-1-3-11-4-2-6/h1-5,15H,(H3,10,12,13,14). The van der Waals surface area contributed by atoms with E-state index in [2.05, 4.69) is 32.5 Å². The molecule has 0 saturated carbocycles. The number of nitrogens with one attached hydrogen (secondary N) is 1. The van der Waals surface area contributed by atoms with E-state index in [9.17, 15) is 0 Å². The summed E-state index contributed by atoms with van der Waals surface area (Å²) in [6, 6.07) is 3.73. The Morgan fingerprint density at radius 1 is 1.27 bits per heavy atom. The van der Waals surface area contributed by atoms with Gasteiger partial charge in [-0.15, -0.1) is 0 Å². The van der Waals surface area contributed by atoms with Crippen molar-refractivity contribution in [1.82, 2.24) is 15.0 Å². The van der Waals surface area contributed by atoms with E-state index < -0.39 is 0 Å². The number of nitrogens with zero attached hydrogens (tertiary/aromatic N) is 3. The van der Waals surface area contributed by atoms with E-state index in [0.717, 1.165) is 11.1 Å². The minimum absolute atomic E-state index is 0.212. The molecular formula is C9H9N5S. The molecule has 2 aromatic rings. The lowest BCUT2D eigenvalue weighted by Crippen LogP contribution is -1.99. The Kier molecular flexibility index (Phi) is 2.68. The molecule has 0 radical (unpaired) electrons. The predicted molar refractivity (Wildman–Crippen MR) is 62.3 cm³/mol. The van der Waals surface area contributed by atoms with Crippen LogP contribution in [0.1, 0.15) is 0 Å². The molecular weight excluding hydrogens is 210 g/mol. The van der Waals surface area contributed by atoms with Gasteiger partial charge in [0, 0.05) is 24.2 Å². The number of nitrogens with two attached hydrogens (primary N) is 1. The number of nitrogen functional groups attached to an aromatic ring is 1. The summed E-state index contributed by atoms with van der Waals surface area (Å²) >= 11 is 3.97. The van der Waals surface area contributed by atoms with Crippen molar-refractivity contribution in [2.24, 2.45) is 0 Å². The van der Waals surface area contributed by atoms with Gasteiger partial charge in [-0.25, -0.2) is 4.98 Å². The average molecular weight is 219 g/mol. The monoisotopic (exact) mass is 219 g/mol. The van der Waals surface area contributed by atoms with Crippen LogP contribution in [-0.4, -0.2) is 15.0 Å². The van der Waals surface area contributed by atoms with Gasteiger partial charge in [-0.3, -0.25) is 4.98 Å². The van der Waals surface area contributed by atoms with E-state index in [1.165, 1.54) is 0 Å². The molecule has 6 heteroatoms. The van der Waals surface area contributed by atoms with E-state index in [4.69, 9.17) is 5.73 Å². The summed E-state index contributed by atoms with van der Waals surface area (Å²) in [5, 5.41) is 0. The summed E-state index contributed by atoms with van der Waals surface area (Å²) in [5.74, 6) is 0.793. The summed E-state index contributed by atoms with van der Waals surface area (Å²) in [5.41, 5.74) is 7.27. The number of pyridine rings is 1. The fraction of sp³-hybridized carbons (Fsp3) is 0. The van der Waals surface area contributed by atoms with Gasteiger partial charge in [0.05, 0.1) is 0 Å². The molecule has 15 heavy (non-hydrogen) atoms. The second-order valence-corrected chi connectivity index (χ2v) is 3.06. The van der Waals surface area contributed by atoms with Gasteiger partial charge >= 0.3 is 0 Å². The fourth-order valence-electron chi connectivity index (χ4n) is 1.22. The Labute approximate surface area is 92.3 Å². The molecule has 2 heterocycles. The first kappa shape index (κ1) is 9.72. The summed E-state index contributed by atoms with van der Waals surface area (Å²) in [7, 11) is 0. The molecule has 2 rings (SSSR count). The molecule has 0 aliphatic heterocycles. The van der Waals surface area contributed by atoms with Crippen molar-refractivity contribution < 1.29 is 0 Å².